The second-order valence-electron chi connectivity index (χ2n) is 5.21. The maximum absolute atomic E-state index is 13.4. The van der Waals surface area contributed by atoms with E-state index in [1.54, 1.807) is 6.92 Å². The molecule has 0 spiro atoms. The van der Waals surface area contributed by atoms with Crippen LogP contribution in [0.15, 0.2) is 12.1 Å². The third-order valence-corrected chi connectivity index (χ3v) is 3.50. The number of hydrogen-bond donors (Lipinski definition) is 2. The highest BCUT2D eigenvalue weighted by Gasteiger charge is 2.42. The third kappa shape index (κ3) is 3.27. The van der Waals surface area contributed by atoms with E-state index in [0.717, 1.165) is 25.0 Å². The van der Waals surface area contributed by atoms with Gasteiger partial charge < -0.3 is 10.6 Å². The second-order valence-corrected chi connectivity index (χ2v) is 5.21. The number of anilines is 1. The van der Waals surface area contributed by atoms with E-state index in [9.17, 15) is 18.0 Å². The topological polar surface area (TPSA) is 64.9 Å². The van der Waals surface area contributed by atoms with Crippen molar-refractivity contribution in [2.24, 2.45) is 5.92 Å². The van der Waals surface area contributed by atoms with E-state index in [2.05, 4.69) is 16.7 Å². The Labute approximate surface area is 119 Å². The van der Waals surface area contributed by atoms with Crippen molar-refractivity contribution in [3.8, 4) is 6.07 Å². The van der Waals surface area contributed by atoms with Crippen LogP contribution in [0.25, 0.3) is 0 Å². The highest BCUT2D eigenvalue weighted by molar-refractivity contribution is 5.82. The van der Waals surface area contributed by atoms with Crippen LogP contribution >= 0.6 is 0 Å². The molecule has 1 aromatic carbocycles. The van der Waals surface area contributed by atoms with Gasteiger partial charge in [0.05, 0.1) is 18.3 Å². The average molecular weight is 297 g/mol. The molecule has 0 heterocycles. The van der Waals surface area contributed by atoms with Gasteiger partial charge in [-0.1, -0.05) is 0 Å². The maximum atomic E-state index is 13.4. The van der Waals surface area contributed by atoms with E-state index in [1.165, 1.54) is 0 Å². The third-order valence-electron chi connectivity index (χ3n) is 3.50. The molecule has 1 aliphatic carbocycles. The molecule has 4 nitrogen and oxygen atoms in total. The molecule has 0 radical (unpaired) electrons. The SMILES string of the molecule is CC(C#N)(NC(=O)CNc1ccc(F)c(F)c1F)C1CC1. The van der Waals surface area contributed by atoms with Gasteiger partial charge in [-0.15, -0.1) is 0 Å². The Balaban J connectivity index is 1.96. The number of carbonyl (C=O) groups excluding carboxylic acids is 1. The van der Waals surface area contributed by atoms with Crippen LogP contribution in [0.1, 0.15) is 19.8 Å². The Morgan fingerprint density at radius 2 is 2.05 bits per heavy atom. The summed E-state index contributed by atoms with van der Waals surface area (Å²) in [4.78, 5) is 11.8. The summed E-state index contributed by atoms with van der Waals surface area (Å²) in [5.74, 6) is -4.68. The molecule has 1 aromatic rings. The van der Waals surface area contributed by atoms with Crippen LogP contribution < -0.4 is 10.6 Å². The van der Waals surface area contributed by atoms with Gasteiger partial charge in [0.15, 0.2) is 17.5 Å². The zero-order chi connectivity index (χ0) is 15.6. The lowest BCUT2D eigenvalue weighted by atomic mass is 9.98. The van der Waals surface area contributed by atoms with E-state index in [0.29, 0.717) is 0 Å². The number of hydrogen-bond acceptors (Lipinski definition) is 3. The smallest absolute Gasteiger partial charge is 0.240 e. The summed E-state index contributed by atoms with van der Waals surface area (Å²) in [5.41, 5.74) is -1.26. The van der Waals surface area contributed by atoms with Crippen LogP contribution in [0.5, 0.6) is 0 Å². The Bertz CT molecular complexity index is 610. The molecule has 7 heteroatoms. The molecular formula is C14H14F3N3O. The van der Waals surface area contributed by atoms with Crippen molar-refractivity contribution in [2.75, 3.05) is 11.9 Å². The summed E-state index contributed by atoms with van der Waals surface area (Å²) < 4.78 is 39.2. The Hall–Kier alpha value is -2.23. The van der Waals surface area contributed by atoms with Gasteiger partial charge >= 0.3 is 0 Å². The van der Waals surface area contributed by atoms with Gasteiger partial charge in [0, 0.05) is 0 Å². The number of nitrogens with zero attached hydrogens (tertiary/aromatic N) is 1. The zero-order valence-electron chi connectivity index (χ0n) is 11.3. The monoisotopic (exact) mass is 297 g/mol. The molecule has 0 aliphatic heterocycles. The lowest BCUT2D eigenvalue weighted by molar-refractivity contribution is -0.120. The van der Waals surface area contributed by atoms with E-state index in [4.69, 9.17) is 5.26 Å². The minimum atomic E-state index is -1.60. The number of amides is 1. The van der Waals surface area contributed by atoms with E-state index >= 15 is 0 Å². The average Bonchev–Trinajstić information content (AvgIpc) is 3.29. The summed E-state index contributed by atoms with van der Waals surface area (Å²) in [6.07, 6.45) is 1.74. The van der Waals surface area contributed by atoms with Gasteiger partial charge in [-0.3, -0.25) is 4.79 Å². The van der Waals surface area contributed by atoms with Crippen molar-refractivity contribution in [3.63, 3.8) is 0 Å². The standard InChI is InChI=1S/C14H14F3N3O/c1-14(7-18,8-2-3-8)20-11(21)6-19-10-5-4-9(15)12(16)13(10)17/h4-5,8,19H,2-3,6H2,1H3,(H,20,21). The number of rotatable bonds is 5. The van der Waals surface area contributed by atoms with Crippen LogP contribution in [0, 0.1) is 34.7 Å². The first-order valence-electron chi connectivity index (χ1n) is 6.47. The Morgan fingerprint density at radius 1 is 1.38 bits per heavy atom. The summed E-state index contributed by atoms with van der Waals surface area (Å²) in [6.45, 7) is 1.28. The van der Waals surface area contributed by atoms with Crippen molar-refractivity contribution >= 4 is 11.6 Å². The maximum Gasteiger partial charge on any atom is 0.240 e. The molecule has 112 valence electrons. The molecule has 21 heavy (non-hydrogen) atoms. The summed E-state index contributed by atoms with van der Waals surface area (Å²) >= 11 is 0. The predicted octanol–water partition coefficient (Wildman–Crippen LogP) is 2.32. The number of benzene rings is 1. The minimum absolute atomic E-state index is 0.117. The first kappa shape index (κ1) is 15.2. The molecule has 1 fully saturated rings. The van der Waals surface area contributed by atoms with Gasteiger partial charge in [-0.05, 0) is 37.8 Å². The molecule has 1 saturated carbocycles. The van der Waals surface area contributed by atoms with Gasteiger partial charge in [0.25, 0.3) is 0 Å². The summed E-state index contributed by atoms with van der Waals surface area (Å²) in [6, 6.07) is 3.83. The molecule has 0 saturated heterocycles. The van der Waals surface area contributed by atoms with E-state index < -0.39 is 28.9 Å². The van der Waals surface area contributed by atoms with Gasteiger partial charge in [0.1, 0.15) is 5.54 Å². The number of nitrogens with one attached hydrogen (secondary N) is 2. The molecule has 2 N–H and O–H groups in total. The fourth-order valence-corrected chi connectivity index (χ4v) is 2.05. The number of halogens is 3. The van der Waals surface area contributed by atoms with Crippen LogP contribution in [0.3, 0.4) is 0 Å². The van der Waals surface area contributed by atoms with Crippen LogP contribution in [-0.4, -0.2) is 18.0 Å². The number of carbonyl (C=O) groups is 1. The molecule has 1 amide bonds. The molecule has 1 unspecified atom stereocenters. The zero-order valence-corrected chi connectivity index (χ0v) is 11.3. The normalized spacial score (nSPS) is 16.7. The van der Waals surface area contributed by atoms with Crippen molar-refractivity contribution in [1.82, 2.24) is 5.32 Å². The lowest BCUT2D eigenvalue weighted by Crippen LogP contribution is -2.48. The first-order chi connectivity index (χ1) is 9.87. The summed E-state index contributed by atoms with van der Waals surface area (Å²) in [5, 5.41) is 14.1. The number of nitriles is 1. The second kappa shape index (κ2) is 5.64. The van der Waals surface area contributed by atoms with Gasteiger partial charge in [0.2, 0.25) is 5.91 Å². The van der Waals surface area contributed by atoms with E-state index in [-0.39, 0.29) is 18.2 Å². The van der Waals surface area contributed by atoms with Gasteiger partial charge in [-0.25, -0.2) is 13.2 Å². The Morgan fingerprint density at radius 3 is 2.62 bits per heavy atom. The quantitative estimate of drug-likeness (QED) is 0.820. The molecule has 1 aliphatic rings. The van der Waals surface area contributed by atoms with Crippen LogP contribution in [-0.2, 0) is 4.79 Å². The minimum Gasteiger partial charge on any atom is -0.374 e. The van der Waals surface area contributed by atoms with Crippen molar-refractivity contribution < 1.29 is 18.0 Å². The lowest BCUT2D eigenvalue weighted by Gasteiger charge is -2.23. The van der Waals surface area contributed by atoms with Crippen LogP contribution in [0.4, 0.5) is 18.9 Å². The van der Waals surface area contributed by atoms with Crippen LogP contribution in [0.2, 0.25) is 0 Å². The van der Waals surface area contributed by atoms with Crippen molar-refractivity contribution in [3.05, 3.63) is 29.6 Å². The van der Waals surface area contributed by atoms with Crippen molar-refractivity contribution in [1.29, 1.82) is 5.26 Å². The van der Waals surface area contributed by atoms with E-state index in [1.807, 2.05) is 0 Å². The fraction of sp³-hybridized carbons (Fsp3) is 0.429. The molecular weight excluding hydrogens is 283 g/mol. The molecule has 0 aromatic heterocycles. The van der Waals surface area contributed by atoms with Crippen molar-refractivity contribution in [2.45, 2.75) is 25.3 Å². The summed E-state index contributed by atoms with van der Waals surface area (Å²) in [7, 11) is 0. The Kier molecular flexibility index (Phi) is 4.07. The first-order valence-corrected chi connectivity index (χ1v) is 6.47. The molecule has 2 rings (SSSR count). The molecule has 1 atom stereocenters. The predicted molar refractivity (Wildman–Crippen MR) is 69.7 cm³/mol. The largest absolute Gasteiger partial charge is 0.374 e. The van der Waals surface area contributed by atoms with Gasteiger partial charge in [-0.2, -0.15) is 5.26 Å². The molecule has 0 bridgehead atoms. The highest BCUT2D eigenvalue weighted by atomic mass is 19.2. The highest BCUT2D eigenvalue weighted by Crippen LogP contribution is 2.39. The fourth-order valence-electron chi connectivity index (χ4n) is 2.05.